The molecule has 0 bridgehead atoms. The Labute approximate surface area is 94.8 Å². The maximum absolute atomic E-state index is 10.8. The molecule has 1 N–H and O–H groups in total. The van der Waals surface area contributed by atoms with E-state index in [-0.39, 0.29) is 0 Å². The van der Waals surface area contributed by atoms with Crippen LogP contribution in [0.25, 0.3) is 0 Å². The molecule has 1 aromatic rings. The Balaban J connectivity index is 3.06. The lowest BCUT2D eigenvalue weighted by Crippen LogP contribution is -2.13. The molecule has 0 aliphatic carbocycles. The third kappa shape index (κ3) is 2.47. The van der Waals surface area contributed by atoms with Crippen molar-refractivity contribution in [3.8, 4) is 0 Å². The first-order valence-electron chi connectivity index (χ1n) is 3.77. The van der Waals surface area contributed by atoms with Gasteiger partial charge >= 0.3 is 5.97 Å². The van der Waals surface area contributed by atoms with Gasteiger partial charge in [0, 0.05) is 11.6 Å². The molecule has 5 heteroatoms. The van der Waals surface area contributed by atoms with Crippen LogP contribution in [-0.2, 0) is 9.53 Å². The van der Waals surface area contributed by atoms with Gasteiger partial charge in [0.25, 0.3) is 0 Å². The molecular formula is C9H8BrClO3. The number of halogens is 2. The Morgan fingerprint density at radius 2 is 2.29 bits per heavy atom. The summed E-state index contributed by atoms with van der Waals surface area (Å²) in [7, 11) is 1.35. The number of carbonyl (C=O) groups is 1. The van der Waals surface area contributed by atoms with E-state index in [1.165, 1.54) is 7.11 Å². The normalized spacial score (nSPS) is 12.5. The largest absolute Gasteiger partial charge is 0.479 e. The van der Waals surface area contributed by atoms with Crippen LogP contribution in [0.3, 0.4) is 0 Å². The summed E-state index contributed by atoms with van der Waals surface area (Å²) in [5, 5.41) is 9.35. The molecule has 1 atom stereocenters. The summed E-state index contributed by atoms with van der Waals surface area (Å²) in [6.45, 7) is 0. The number of methoxy groups -OCH3 is 1. The first-order valence-corrected chi connectivity index (χ1v) is 4.94. The molecule has 0 aliphatic rings. The van der Waals surface area contributed by atoms with Gasteiger partial charge in [-0.1, -0.05) is 17.7 Å². The molecule has 0 saturated carbocycles. The smallest absolute Gasteiger partial charge is 0.337 e. The number of ether oxygens (including phenoxy) is 1. The number of aliphatic carboxylic acids is 1. The van der Waals surface area contributed by atoms with Gasteiger partial charge in [-0.25, -0.2) is 4.79 Å². The summed E-state index contributed by atoms with van der Waals surface area (Å²) in [6.07, 6.45) is -0.955. The molecule has 0 aromatic heterocycles. The molecule has 0 radical (unpaired) electrons. The summed E-state index contributed by atoms with van der Waals surface area (Å²) < 4.78 is 5.48. The molecule has 0 amide bonds. The molecule has 14 heavy (non-hydrogen) atoms. The number of hydrogen-bond donors (Lipinski definition) is 1. The topological polar surface area (TPSA) is 46.5 Å². The van der Waals surface area contributed by atoms with Crippen LogP contribution in [0.5, 0.6) is 0 Å². The van der Waals surface area contributed by atoms with Crippen LogP contribution in [-0.4, -0.2) is 18.2 Å². The van der Waals surface area contributed by atoms with Gasteiger partial charge in [-0.2, -0.15) is 0 Å². The fourth-order valence-electron chi connectivity index (χ4n) is 1.05. The quantitative estimate of drug-likeness (QED) is 0.925. The Morgan fingerprint density at radius 3 is 2.71 bits per heavy atom. The first-order chi connectivity index (χ1) is 6.56. The minimum Gasteiger partial charge on any atom is -0.479 e. The number of rotatable bonds is 3. The van der Waals surface area contributed by atoms with Crippen molar-refractivity contribution in [3.63, 3.8) is 0 Å². The first kappa shape index (κ1) is 11.5. The summed E-state index contributed by atoms with van der Waals surface area (Å²) in [5.74, 6) is -1.03. The number of hydrogen-bond acceptors (Lipinski definition) is 2. The molecule has 0 fully saturated rings. The second-order valence-corrected chi connectivity index (χ2v) is 3.89. The standard InChI is InChI=1S/C9H8BrClO3/c1-14-8(9(12)13)5-2-3-7(11)6(10)4-5/h2-4,8H,1H3,(H,12,13). The molecule has 1 rings (SSSR count). The van der Waals surface area contributed by atoms with E-state index in [1.807, 2.05) is 0 Å². The van der Waals surface area contributed by atoms with Gasteiger partial charge in [0.15, 0.2) is 6.10 Å². The summed E-state index contributed by atoms with van der Waals surface area (Å²) >= 11 is 8.99. The summed E-state index contributed by atoms with van der Waals surface area (Å²) in [6, 6.07) is 4.87. The molecule has 0 spiro atoms. The van der Waals surface area contributed by atoms with Crippen LogP contribution in [0.15, 0.2) is 22.7 Å². The predicted octanol–water partition coefficient (Wildman–Crippen LogP) is 2.87. The van der Waals surface area contributed by atoms with Crippen molar-refractivity contribution >= 4 is 33.5 Å². The van der Waals surface area contributed by atoms with Gasteiger partial charge in [-0.15, -0.1) is 0 Å². The fraction of sp³-hybridized carbons (Fsp3) is 0.222. The third-order valence-corrected chi connectivity index (χ3v) is 2.92. The van der Waals surface area contributed by atoms with E-state index in [0.717, 1.165) is 0 Å². The van der Waals surface area contributed by atoms with Crippen LogP contribution in [0.4, 0.5) is 0 Å². The summed E-state index contributed by atoms with van der Waals surface area (Å²) in [4.78, 5) is 10.8. The van der Waals surface area contributed by atoms with Crippen LogP contribution in [0, 0.1) is 0 Å². The van der Waals surface area contributed by atoms with Crippen LogP contribution < -0.4 is 0 Å². The third-order valence-electron chi connectivity index (χ3n) is 1.71. The lowest BCUT2D eigenvalue weighted by molar-refractivity contribution is -0.148. The van der Waals surface area contributed by atoms with Crippen LogP contribution >= 0.6 is 27.5 Å². The molecule has 1 unspecified atom stereocenters. The zero-order valence-corrected chi connectivity index (χ0v) is 9.67. The SMILES string of the molecule is COC(C(=O)O)c1ccc(Cl)c(Br)c1. The van der Waals surface area contributed by atoms with Crippen molar-refractivity contribution < 1.29 is 14.6 Å². The monoisotopic (exact) mass is 278 g/mol. The minimum atomic E-state index is -1.03. The van der Waals surface area contributed by atoms with Gasteiger partial charge < -0.3 is 9.84 Å². The molecular weight excluding hydrogens is 271 g/mol. The van der Waals surface area contributed by atoms with E-state index in [9.17, 15) is 4.79 Å². The average molecular weight is 280 g/mol. The predicted molar refractivity (Wildman–Crippen MR) is 56.5 cm³/mol. The van der Waals surface area contributed by atoms with Gasteiger partial charge in [0.2, 0.25) is 0 Å². The van der Waals surface area contributed by atoms with Crippen molar-refractivity contribution in [2.75, 3.05) is 7.11 Å². The zero-order valence-electron chi connectivity index (χ0n) is 7.33. The average Bonchev–Trinajstić information content (AvgIpc) is 2.11. The maximum atomic E-state index is 10.8. The van der Waals surface area contributed by atoms with Crippen LogP contribution in [0.2, 0.25) is 5.02 Å². The number of benzene rings is 1. The Kier molecular flexibility index (Phi) is 3.92. The van der Waals surface area contributed by atoms with Gasteiger partial charge in [0.1, 0.15) is 0 Å². The Hall–Kier alpha value is -0.580. The molecule has 0 aliphatic heterocycles. The van der Waals surface area contributed by atoms with E-state index in [1.54, 1.807) is 18.2 Å². The molecule has 0 saturated heterocycles. The van der Waals surface area contributed by atoms with Gasteiger partial charge in [-0.05, 0) is 33.6 Å². The second kappa shape index (κ2) is 4.77. The van der Waals surface area contributed by atoms with E-state index in [0.29, 0.717) is 15.1 Å². The van der Waals surface area contributed by atoms with Gasteiger partial charge in [0.05, 0.1) is 5.02 Å². The molecule has 76 valence electrons. The molecule has 0 heterocycles. The maximum Gasteiger partial charge on any atom is 0.337 e. The molecule has 1 aromatic carbocycles. The number of carboxylic acids is 1. The fourth-order valence-corrected chi connectivity index (χ4v) is 1.57. The highest BCUT2D eigenvalue weighted by atomic mass is 79.9. The lowest BCUT2D eigenvalue weighted by Gasteiger charge is -2.11. The van der Waals surface area contributed by atoms with Crippen molar-refractivity contribution in [3.05, 3.63) is 33.3 Å². The highest BCUT2D eigenvalue weighted by Crippen LogP contribution is 2.27. The van der Waals surface area contributed by atoms with Crippen LogP contribution in [0.1, 0.15) is 11.7 Å². The van der Waals surface area contributed by atoms with E-state index >= 15 is 0 Å². The van der Waals surface area contributed by atoms with Crippen molar-refractivity contribution in [2.45, 2.75) is 6.10 Å². The summed E-state index contributed by atoms with van der Waals surface area (Å²) in [5.41, 5.74) is 0.552. The van der Waals surface area contributed by atoms with E-state index in [4.69, 9.17) is 21.4 Å². The lowest BCUT2D eigenvalue weighted by atomic mass is 10.1. The highest BCUT2D eigenvalue weighted by molar-refractivity contribution is 9.10. The number of carboxylic acid groups (broad SMARTS) is 1. The minimum absolute atomic E-state index is 0.536. The molecule has 3 nitrogen and oxygen atoms in total. The van der Waals surface area contributed by atoms with Crippen molar-refractivity contribution in [1.29, 1.82) is 0 Å². The highest BCUT2D eigenvalue weighted by Gasteiger charge is 2.19. The Morgan fingerprint density at radius 1 is 1.64 bits per heavy atom. The Bertz CT molecular complexity index is 354. The van der Waals surface area contributed by atoms with Gasteiger partial charge in [-0.3, -0.25) is 0 Å². The zero-order chi connectivity index (χ0) is 10.7. The van der Waals surface area contributed by atoms with E-state index in [2.05, 4.69) is 15.9 Å². The second-order valence-electron chi connectivity index (χ2n) is 2.63. The van der Waals surface area contributed by atoms with E-state index < -0.39 is 12.1 Å². The van der Waals surface area contributed by atoms with Crippen molar-refractivity contribution in [1.82, 2.24) is 0 Å². The van der Waals surface area contributed by atoms with Crippen molar-refractivity contribution in [2.24, 2.45) is 0 Å².